The van der Waals surface area contributed by atoms with Gasteiger partial charge < -0.3 is 11.1 Å². The van der Waals surface area contributed by atoms with Crippen molar-refractivity contribution in [2.24, 2.45) is 7.05 Å². The molecule has 0 unspecified atom stereocenters. The molecule has 1 heterocycles. The minimum absolute atomic E-state index is 0.171. The number of nitrogen functional groups attached to an aromatic ring is 1. The van der Waals surface area contributed by atoms with E-state index in [-0.39, 0.29) is 5.91 Å². The van der Waals surface area contributed by atoms with Crippen LogP contribution in [0, 0.1) is 0 Å². The molecule has 0 radical (unpaired) electrons. The minimum Gasteiger partial charge on any atom is -0.399 e. The first-order chi connectivity index (χ1) is 9.06. The fourth-order valence-electron chi connectivity index (χ4n) is 1.60. The van der Waals surface area contributed by atoms with Crippen LogP contribution in [0.5, 0.6) is 0 Å². The van der Waals surface area contributed by atoms with E-state index >= 15 is 0 Å². The Morgan fingerprint density at radius 1 is 1.53 bits per heavy atom. The van der Waals surface area contributed by atoms with Crippen LogP contribution in [-0.2, 0) is 13.5 Å². The summed E-state index contributed by atoms with van der Waals surface area (Å²) >= 11 is 3.33. The van der Waals surface area contributed by atoms with E-state index in [9.17, 15) is 4.79 Å². The van der Waals surface area contributed by atoms with Crippen molar-refractivity contribution in [1.82, 2.24) is 20.1 Å². The summed E-state index contributed by atoms with van der Waals surface area (Å²) in [4.78, 5) is 16.1. The van der Waals surface area contributed by atoms with Crippen LogP contribution in [0.15, 0.2) is 29.0 Å². The molecule has 0 aliphatic heterocycles. The zero-order valence-corrected chi connectivity index (χ0v) is 12.0. The van der Waals surface area contributed by atoms with Crippen molar-refractivity contribution in [2.75, 3.05) is 12.3 Å². The molecule has 2 rings (SSSR count). The van der Waals surface area contributed by atoms with E-state index in [1.165, 1.54) is 0 Å². The van der Waals surface area contributed by atoms with Crippen LogP contribution in [0.4, 0.5) is 5.69 Å². The van der Waals surface area contributed by atoms with Crippen LogP contribution in [-0.4, -0.2) is 27.2 Å². The van der Waals surface area contributed by atoms with E-state index in [1.807, 2.05) is 0 Å². The summed E-state index contributed by atoms with van der Waals surface area (Å²) in [6, 6.07) is 5.13. The summed E-state index contributed by atoms with van der Waals surface area (Å²) in [6.07, 6.45) is 2.22. The van der Waals surface area contributed by atoms with Crippen molar-refractivity contribution in [3.63, 3.8) is 0 Å². The molecule has 0 aliphatic rings. The number of amides is 1. The third-order valence-electron chi connectivity index (χ3n) is 2.52. The number of hydrogen-bond donors (Lipinski definition) is 2. The van der Waals surface area contributed by atoms with Gasteiger partial charge in [0.25, 0.3) is 5.91 Å². The maximum absolute atomic E-state index is 12.0. The maximum atomic E-state index is 12.0. The molecule has 0 bridgehead atoms. The minimum atomic E-state index is -0.171. The number of nitrogens with zero attached hydrogens (tertiary/aromatic N) is 3. The summed E-state index contributed by atoms with van der Waals surface area (Å²) in [7, 11) is 1.80. The van der Waals surface area contributed by atoms with Crippen molar-refractivity contribution in [1.29, 1.82) is 0 Å². The molecular formula is C12H14BrN5O. The Bertz CT molecular complexity index is 596. The molecular weight excluding hydrogens is 310 g/mol. The lowest BCUT2D eigenvalue weighted by molar-refractivity contribution is 0.0953. The number of aromatic nitrogens is 3. The molecule has 0 aliphatic carbocycles. The van der Waals surface area contributed by atoms with Gasteiger partial charge in [-0.3, -0.25) is 9.48 Å². The van der Waals surface area contributed by atoms with E-state index < -0.39 is 0 Å². The third kappa shape index (κ3) is 3.54. The standard InChI is InChI=1S/C12H14BrN5O/c1-18-7-16-11(17-18)4-5-15-12(19)9-6-8(14)2-3-10(9)13/h2-3,6-7H,4-5,14H2,1H3,(H,15,19). The topological polar surface area (TPSA) is 85.8 Å². The Kier molecular flexibility index (Phi) is 4.16. The van der Waals surface area contributed by atoms with Crippen LogP contribution < -0.4 is 11.1 Å². The van der Waals surface area contributed by atoms with Gasteiger partial charge in [-0.15, -0.1) is 0 Å². The Morgan fingerprint density at radius 3 is 3.00 bits per heavy atom. The lowest BCUT2D eigenvalue weighted by Gasteiger charge is -2.06. The Hall–Kier alpha value is -1.89. The normalized spacial score (nSPS) is 10.4. The van der Waals surface area contributed by atoms with Crippen LogP contribution in [0.1, 0.15) is 16.2 Å². The van der Waals surface area contributed by atoms with Crippen molar-refractivity contribution in [3.05, 3.63) is 40.4 Å². The fraction of sp³-hybridized carbons (Fsp3) is 0.250. The summed E-state index contributed by atoms with van der Waals surface area (Å²) in [5, 5.41) is 6.95. The molecule has 1 aromatic carbocycles. The summed E-state index contributed by atoms with van der Waals surface area (Å²) in [5.74, 6) is 0.532. The molecule has 100 valence electrons. The molecule has 3 N–H and O–H groups in total. The Balaban J connectivity index is 1.92. The highest BCUT2D eigenvalue weighted by atomic mass is 79.9. The van der Waals surface area contributed by atoms with Crippen molar-refractivity contribution in [3.8, 4) is 0 Å². The van der Waals surface area contributed by atoms with E-state index in [1.54, 1.807) is 36.3 Å². The number of anilines is 1. The molecule has 1 amide bonds. The smallest absolute Gasteiger partial charge is 0.252 e. The molecule has 2 aromatic rings. The van der Waals surface area contributed by atoms with Crippen molar-refractivity contribution < 1.29 is 4.79 Å². The lowest BCUT2D eigenvalue weighted by atomic mass is 10.2. The van der Waals surface area contributed by atoms with Crippen molar-refractivity contribution >= 4 is 27.5 Å². The number of halogens is 1. The second kappa shape index (κ2) is 5.83. The third-order valence-corrected chi connectivity index (χ3v) is 3.21. The van der Waals surface area contributed by atoms with Gasteiger partial charge in [-0.25, -0.2) is 4.98 Å². The van der Waals surface area contributed by atoms with Gasteiger partial charge in [0.1, 0.15) is 6.33 Å². The number of nitrogens with one attached hydrogen (secondary N) is 1. The van der Waals surface area contributed by atoms with Gasteiger partial charge in [0.2, 0.25) is 0 Å². The lowest BCUT2D eigenvalue weighted by Crippen LogP contribution is -2.26. The quantitative estimate of drug-likeness (QED) is 0.826. The van der Waals surface area contributed by atoms with Gasteiger partial charge in [-0.2, -0.15) is 5.10 Å². The van der Waals surface area contributed by atoms with Gasteiger partial charge in [0.05, 0.1) is 5.56 Å². The van der Waals surface area contributed by atoms with Gasteiger partial charge >= 0.3 is 0 Å². The zero-order valence-electron chi connectivity index (χ0n) is 10.4. The number of nitrogens with two attached hydrogens (primary N) is 1. The van der Waals surface area contributed by atoms with Gasteiger partial charge in [0.15, 0.2) is 5.82 Å². The first-order valence-electron chi connectivity index (χ1n) is 5.74. The van der Waals surface area contributed by atoms with E-state index in [0.717, 1.165) is 4.47 Å². The summed E-state index contributed by atoms with van der Waals surface area (Å²) in [6.45, 7) is 0.476. The second-order valence-corrected chi connectivity index (χ2v) is 4.93. The number of aryl methyl sites for hydroxylation is 1. The molecule has 0 spiro atoms. The zero-order chi connectivity index (χ0) is 13.8. The SMILES string of the molecule is Cn1cnc(CCNC(=O)c2cc(N)ccc2Br)n1. The molecule has 0 saturated carbocycles. The molecule has 0 fully saturated rings. The average Bonchev–Trinajstić information content (AvgIpc) is 2.78. The second-order valence-electron chi connectivity index (χ2n) is 4.08. The summed E-state index contributed by atoms with van der Waals surface area (Å²) < 4.78 is 2.35. The highest BCUT2D eigenvalue weighted by Gasteiger charge is 2.10. The number of rotatable bonds is 4. The Labute approximate surface area is 119 Å². The van der Waals surface area contributed by atoms with Gasteiger partial charge in [-0.1, -0.05) is 0 Å². The predicted molar refractivity (Wildman–Crippen MR) is 75.6 cm³/mol. The first kappa shape index (κ1) is 13.5. The molecule has 7 heteroatoms. The van der Waals surface area contributed by atoms with Crippen LogP contribution in [0.25, 0.3) is 0 Å². The predicted octanol–water partition coefficient (Wildman–Crippen LogP) is 1.13. The summed E-state index contributed by atoms with van der Waals surface area (Å²) in [5.41, 5.74) is 6.74. The van der Waals surface area contributed by atoms with Crippen LogP contribution in [0.3, 0.4) is 0 Å². The molecule has 19 heavy (non-hydrogen) atoms. The van der Waals surface area contributed by atoms with E-state index in [0.29, 0.717) is 30.0 Å². The highest BCUT2D eigenvalue weighted by molar-refractivity contribution is 9.10. The van der Waals surface area contributed by atoms with E-state index in [4.69, 9.17) is 5.73 Å². The van der Waals surface area contributed by atoms with Crippen molar-refractivity contribution in [2.45, 2.75) is 6.42 Å². The van der Waals surface area contributed by atoms with Gasteiger partial charge in [0, 0.05) is 30.2 Å². The molecule has 1 aromatic heterocycles. The number of carbonyl (C=O) groups excluding carboxylic acids is 1. The number of hydrogen-bond acceptors (Lipinski definition) is 4. The van der Waals surface area contributed by atoms with Crippen LogP contribution in [0.2, 0.25) is 0 Å². The average molecular weight is 324 g/mol. The molecule has 0 atom stereocenters. The fourth-order valence-corrected chi connectivity index (χ4v) is 2.03. The Morgan fingerprint density at radius 2 is 2.32 bits per heavy atom. The molecule has 6 nitrogen and oxygen atoms in total. The molecule has 0 saturated heterocycles. The van der Waals surface area contributed by atoms with E-state index in [2.05, 4.69) is 31.3 Å². The van der Waals surface area contributed by atoms with Gasteiger partial charge in [-0.05, 0) is 34.1 Å². The van der Waals surface area contributed by atoms with Crippen LogP contribution >= 0.6 is 15.9 Å². The monoisotopic (exact) mass is 323 g/mol. The number of benzene rings is 1. The highest BCUT2D eigenvalue weighted by Crippen LogP contribution is 2.19. The number of carbonyl (C=O) groups is 1. The largest absolute Gasteiger partial charge is 0.399 e. The maximum Gasteiger partial charge on any atom is 0.252 e. The first-order valence-corrected chi connectivity index (χ1v) is 6.53.